The number of fused-ring (bicyclic) bond motifs is 1. The fourth-order valence-corrected chi connectivity index (χ4v) is 2.23. The Labute approximate surface area is 79.2 Å². The first kappa shape index (κ1) is 10.6. The average molecular weight is 234 g/mol. The maximum atomic E-state index is 12.4. The van der Waals surface area contributed by atoms with E-state index in [4.69, 9.17) is 0 Å². The number of halogens is 6. The molecule has 0 amide bonds. The predicted molar refractivity (Wildman–Crippen MR) is 32.5 cm³/mol. The average Bonchev–Trinajstić information content (AvgIpc) is 2.57. The molecule has 86 valence electrons. The molecule has 0 aromatic rings. The number of carbonyl (C=O) groups excluding carboxylic acids is 1. The summed E-state index contributed by atoms with van der Waals surface area (Å²) in [6.45, 7) is -0.803. The molecule has 0 aromatic carbocycles. The highest BCUT2D eigenvalue weighted by atomic mass is 19.4. The third-order valence-electron chi connectivity index (χ3n) is 2.97. The van der Waals surface area contributed by atoms with Crippen molar-refractivity contribution in [2.75, 3.05) is 6.61 Å². The lowest BCUT2D eigenvalue weighted by atomic mass is 9.99. The Bertz CT molecular complexity index is 302. The molecule has 1 saturated carbocycles. The second-order valence-electron chi connectivity index (χ2n) is 3.58. The number of cyclic esters (lactones) is 1. The molecular formula is C7H4F6O2. The lowest BCUT2D eigenvalue weighted by Gasteiger charge is -2.25. The van der Waals surface area contributed by atoms with Crippen molar-refractivity contribution < 1.29 is 35.9 Å². The Morgan fingerprint density at radius 2 is 1.60 bits per heavy atom. The third kappa shape index (κ3) is 0.993. The molecule has 1 saturated heterocycles. The van der Waals surface area contributed by atoms with Gasteiger partial charge in [0.25, 0.3) is 0 Å². The highest BCUT2D eigenvalue weighted by molar-refractivity contribution is 5.81. The van der Waals surface area contributed by atoms with Gasteiger partial charge in [-0.05, 0) is 0 Å². The van der Waals surface area contributed by atoms with Gasteiger partial charge >= 0.3 is 18.3 Å². The van der Waals surface area contributed by atoms with Crippen LogP contribution >= 0.6 is 0 Å². The summed E-state index contributed by atoms with van der Waals surface area (Å²) in [5, 5.41) is 0. The number of hydrogen-bond donors (Lipinski definition) is 0. The molecule has 2 unspecified atom stereocenters. The van der Waals surface area contributed by atoms with Gasteiger partial charge in [-0.1, -0.05) is 0 Å². The molecule has 15 heavy (non-hydrogen) atoms. The molecule has 0 aromatic heterocycles. The number of carbonyl (C=O) groups is 1. The summed E-state index contributed by atoms with van der Waals surface area (Å²) >= 11 is 0. The van der Waals surface area contributed by atoms with Crippen molar-refractivity contribution in [3.8, 4) is 0 Å². The monoisotopic (exact) mass is 234 g/mol. The van der Waals surface area contributed by atoms with Crippen molar-refractivity contribution in [3.05, 3.63) is 0 Å². The molecule has 0 bridgehead atoms. The molecular weight excluding hydrogens is 230 g/mol. The molecule has 0 radical (unpaired) electrons. The van der Waals surface area contributed by atoms with Crippen LogP contribution in [0.1, 0.15) is 0 Å². The van der Waals surface area contributed by atoms with E-state index in [2.05, 4.69) is 4.74 Å². The summed E-state index contributed by atoms with van der Waals surface area (Å²) in [7, 11) is 0. The van der Waals surface area contributed by atoms with Crippen LogP contribution in [0.4, 0.5) is 26.3 Å². The van der Waals surface area contributed by atoms with E-state index in [1.807, 2.05) is 0 Å². The van der Waals surface area contributed by atoms with Crippen molar-refractivity contribution in [2.24, 2.45) is 17.3 Å². The van der Waals surface area contributed by atoms with E-state index in [0.29, 0.717) is 0 Å². The second-order valence-corrected chi connectivity index (χ2v) is 3.58. The third-order valence-corrected chi connectivity index (χ3v) is 2.97. The standard InChI is InChI=1S/C7H4F6O2/c8-6(9,10)5(7(11,12)13)2-1-15-4(14)3(2)5/h2-3H,1H2. The van der Waals surface area contributed by atoms with E-state index >= 15 is 0 Å². The van der Waals surface area contributed by atoms with E-state index in [9.17, 15) is 31.1 Å². The first-order chi connectivity index (χ1) is 6.64. The van der Waals surface area contributed by atoms with Crippen LogP contribution in [0.25, 0.3) is 0 Å². The van der Waals surface area contributed by atoms with E-state index in [-0.39, 0.29) is 0 Å². The van der Waals surface area contributed by atoms with Gasteiger partial charge in [0.1, 0.15) is 0 Å². The zero-order valence-corrected chi connectivity index (χ0v) is 6.95. The summed E-state index contributed by atoms with van der Waals surface area (Å²) in [6.07, 6.45) is -10.9. The number of hydrogen-bond acceptors (Lipinski definition) is 2. The van der Waals surface area contributed by atoms with Gasteiger partial charge in [0.05, 0.1) is 12.5 Å². The van der Waals surface area contributed by atoms with E-state index < -0.39 is 42.2 Å². The molecule has 0 N–H and O–H groups in total. The maximum absolute atomic E-state index is 12.4. The Hall–Kier alpha value is -0.950. The quantitative estimate of drug-likeness (QED) is 0.472. The van der Waals surface area contributed by atoms with Crippen LogP contribution in [0, 0.1) is 17.3 Å². The molecule has 0 spiro atoms. The molecule has 1 aliphatic carbocycles. The molecule has 2 nitrogen and oxygen atoms in total. The van der Waals surface area contributed by atoms with Crippen LogP contribution in [0.3, 0.4) is 0 Å². The normalized spacial score (nSPS) is 33.6. The van der Waals surface area contributed by atoms with Gasteiger partial charge in [-0.2, -0.15) is 26.3 Å². The molecule has 1 heterocycles. The maximum Gasteiger partial charge on any atom is 0.404 e. The molecule has 8 heteroatoms. The highest BCUT2D eigenvalue weighted by Crippen LogP contribution is 2.76. The van der Waals surface area contributed by atoms with E-state index in [1.165, 1.54) is 0 Å². The van der Waals surface area contributed by atoms with Crippen molar-refractivity contribution in [3.63, 3.8) is 0 Å². The van der Waals surface area contributed by atoms with Gasteiger partial charge in [0.2, 0.25) is 0 Å². The Morgan fingerprint density at radius 1 is 1.13 bits per heavy atom. The second kappa shape index (κ2) is 2.41. The van der Waals surface area contributed by atoms with Gasteiger partial charge in [-0.25, -0.2) is 0 Å². The number of alkyl halides is 6. The van der Waals surface area contributed by atoms with Gasteiger partial charge in [0.15, 0.2) is 5.41 Å². The van der Waals surface area contributed by atoms with Crippen LogP contribution in [0.5, 0.6) is 0 Å². The summed E-state index contributed by atoms with van der Waals surface area (Å²) < 4.78 is 78.3. The molecule has 2 atom stereocenters. The first-order valence-corrected chi connectivity index (χ1v) is 3.94. The lowest BCUT2D eigenvalue weighted by Crippen LogP contribution is -2.44. The first-order valence-electron chi connectivity index (χ1n) is 3.94. The topological polar surface area (TPSA) is 26.3 Å². The van der Waals surface area contributed by atoms with Crippen LogP contribution in [-0.4, -0.2) is 24.9 Å². The molecule has 2 aliphatic rings. The van der Waals surface area contributed by atoms with Crippen LogP contribution in [0.15, 0.2) is 0 Å². The van der Waals surface area contributed by atoms with Crippen LogP contribution in [-0.2, 0) is 9.53 Å². The number of esters is 1. The summed E-state index contributed by atoms with van der Waals surface area (Å²) in [6, 6.07) is 0. The van der Waals surface area contributed by atoms with Crippen LogP contribution in [0.2, 0.25) is 0 Å². The van der Waals surface area contributed by atoms with E-state index in [1.54, 1.807) is 0 Å². The van der Waals surface area contributed by atoms with Crippen LogP contribution < -0.4 is 0 Å². The SMILES string of the molecule is O=C1OCC2C1C2(C(F)(F)F)C(F)(F)F. The van der Waals surface area contributed by atoms with Gasteiger partial charge < -0.3 is 4.74 Å². The number of rotatable bonds is 0. The fraction of sp³-hybridized carbons (Fsp3) is 0.857. The highest BCUT2D eigenvalue weighted by Gasteiger charge is 2.93. The zero-order valence-electron chi connectivity index (χ0n) is 6.95. The summed E-state index contributed by atoms with van der Waals surface area (Å²) in [4.78, 5) is 10.7. The Kier molecular flexibility index (Phi) is 1.70. The smallest absolute Gasteiger partial charge is 0.404 e. The summed E-state index contributed by atoms with van der Waals surface area (Å²) in [5.41, 5.74) is -3.87. The minimum absolute atomic E-state index is 0.803. The zero-order chi connectivity index (χ0) is 11.6. The fourth-order valence-electron chi connectivity index (χ4n) is 2.23. The van der Waals surface area contributed by atoms with Crippen molar-refractivity contribution >= 4 is 5.97 Å². The Morgan fingerprint density at radius 3 is 1.80 bits per heavy atom. The van der Waals surface area contributed by atoms with E-state index in [0.717, 1.165) is 0 Å². The minimum atomic E-state index is -5.46. The number of ether oxygens (including phenoxy) is 1. The molecule has 2 rings (SSSR count). The van der Waals surface area contributed by atoms with Crippen molar-refractivity contribution in [1.82, 2.24) is 0 Å². The largest absolute Gasteiger partial charge is 0.465 e. The summed E-state index contributed by atoms with van der Waals surface area (Å²) in [5.74, 6) is -5.31. The van der Waals surface area contributed by atoms with Gasteiger partial charge in [-0.15, -0.1) is 0 Å². The van der Waals surface area contributed by atoms with Gasteiger partial charge in [0, 0.05) is 5.92 Å². The predicted octanol–water partition coefficient (Wildman–Crippen LogP) is 1.90. The molecule has 2 fully saturated rings. The Balaban J connectivity index is 2.43. The molecule has 1 aliphatic heterocycles. The van der Waals surface area contributed by atoms with Gasteiger partial charge in [-0.3, -0.25) is 4.79 Å². The minimum Gasteiger partial charge on any atom is -0.465 e. The van der Waals surface area contributed by atoms with Crippen molar-refractivity contribution in [1.29, 1.82) is 0 Å². The lowest BCUT2D eigenvalue weighted by molar-refractivity contribution is -0.313. The van der Waals surface area contributed by atoms with Crippen molar-refractivity contribution in [2.45, 2.75) is 12.4 Å².